The van der Waals surface area contributed by atoms with Gasteiger partial charge in [0.25, 0.3) is 0 Å². The molecule has 0 aliphatic carbocycles. The lowest BCUT2D eigenvalue weighted by molar-refractivity contribution is -0.137. The molecule has 0 saturated heterocycles. The van der Waals surface area contributed by atoms with E-state index in [-0.39, 0.29) is 13.0 Å². The molecular weight excluding hydrogens is 672 g/mol. The highest BCUT2D eigenvalue weighted by Gasteiger charge is 2.16. The fourth-order valence-electron chi connectivity index (χ4n) is 6.10. The second kappa shape index (κ2) is 17.8. The van der Waals surface area contributed by atoms with Crippen LogP contribution in [0.3, 0.4) is 0 Å². The number of rotatable bonds is 16. The van der Waals surface area contributed by atoms with Crippen LogP contribution in [0.4, 0.5) is 0 Å². The lowest BCUT2D eigenvalue weighted by Crippen LogP contribution is -2.16. The second-order valence-electron chi connectivity index (χ2n) is 13.2. The van der Waals surface area contributed by atoms with Crippen molar-refractivity contribution in [2.75, 3.05) is 20.6 Å². The second-order valence-corrected chi connectivity index (χ2v) is 13.6. The average Bonchev–Trinajstić information content (AvgIpc) is 3.14. The van der Waals surface area contributed by atoms with Crippen molar-refractivity contribution in [2.24, 2.45) is 0 Å². The number of hydrogen-bond acceptors (Lipinski definition) is 7. The molecule has 8 nitrogen and oxygen atoms in total. The van der Waals surface area contributed by atoms with Crippen molar-refractivity contribution in [1.82, 2.24) is 15.2 Å². The summed E-state index contributed by atoms with van der Waals surface area (Å²) in [5, 5.41) is 22.0. The van der Waals surface area contributed by atoms with Crippen LogP contribution < -0.4 is 14.8 Å². The third kappa shape index (κ3) is 9.56. The van der Waals surface area contributed by atoms with Gasteiger partial charge < -0.3 is 24.8 Å². The molecule has 1 atom stereocenters. The number of nitriles is 1. The van der Waals surface area contributed by atoms with Crippen molar-refractivity contribution in [2.45, 2.75) is 59.4 Å². The van der Waals surface area contributed by atoms with Crippen LogP contribution in [0.15, 0.2) is 91.3 Å². The molecule has 1 unspecified atom stereocenters. The maximum atomic E-state index is 10.9. The predicted octanol–water partition coefficient (Wildman–Crippen LogP) is 9.29. The number of halogens is 1. The zero-order valence-corrected chi connectivity index (χ0v) is 31.1. The van der Waals surface area contributed by atoms with Gasteiger partial charge in [-0.15, -0.1) is 0 Å². The maximum absolute atomic E-state index is 10.9. The van der Waals surface area contributed by atoms with Gasteiger partial charge >= 0.3 is 5.97 Å². The van der Waals surface area contributed by atoms with E-state index in [2.05, 4.69) is 117 Å². The summed E-state index contributed by atoms with van der Waals surface area (Å²) in [7, 11) is 4.19. The highest BCUT2D eigenvalue weighted by atomic mass is 35.5. The Morgan fingerprint density at radius 2 is 1.60 bits per heavy atom. The maximum Gasteiger partial charge on any atom is 0.303 e. The van der Waals surface area contributed by atoms with E-state index in [0.717, 1.165) is 27.8 Å². The van der Waals surface area contributed by atoms with Crippen LogP contribution in [0.1, 0.15) is 64.8 Å². The number of benzene rings is 4. The fraction of sp³-hybridized carbons (Fsp3) is 0.279. The molecule has 0 bridgehead atoms. The van der Waals surface area contributed by atoms with E-state index in [0.29, 0.717) is 54.2 Å². The van der Waals surface area contributed by atoms with Crippen LogP contribution in [-0.2, 0) is 24.6 Å². The summed E-state index contributed by atoms with van der Waals surface area (Å²) in [6.45, 7) is 7.94. The largest absolute Gasteiger partial charge is 0.488 e. The smallest absolute Gasteiger partial charge is 0.303 e. The van der Waals surface area contributed by atoms with Crippen molar-refractivity contribution in [3.8, 4) is 39.8 Å². The highest BCUT2D eigenvalue weighted by Crippen LogP contribution is 2.37. The number of aliphatic carboxylic acids is 1. The van der Waals surface area contributed by atoms with Gasteiger partial charge in [-0.1, -0.05) is 72.3 Å². The zero-order valence-electron chi connectivity index (χ0n) is 30.4. The highest BCUT2D eigenvalue weighted by molar-refractivity contribution is 6.32. The lowest BCUT2D eigenvalue weighted by Gasteiger charge is -2.21. The third-order valence-corrected chi connectivity index (χ3v) is 9.72. The molecule has 0 amide bonds. The number of ether oxygens (including phenoxy) is 2. The molecule has 52 heavy (non-hydrogen) atoms. The van der Waals surface area contributed by atoms with E-state index < -0.39 is 5.97 Å². The number of carboxylic acids is 1. The van der Waals surface area contributed by atoms with E-state index in [9.17, 15) is 10.1 Å². The van der Waals surface area contributed by atoms with Crippen LogP contribution in [-0.4, -0.2) is 41.6 Å². The summed E-state index contributed by atoms with van der Waals surface area (Å²) in [6, 6.07) is 29.4. The first-order valence-corrected chi connectivity index (χ1v) is 17.7. The molecule has 0 aliphatic heterocycles. The Hall–Kier alpha value is -5.20. The van der Waals surface area contributed by atoms with Gasteiger partial charge in [-0.2, -0.15) is 5.26 Å². The molecule has 1 heterocycles. The summed E-state index contributed by atoms with van der Waals surface area (Å²) in [5.74, 6) is 0.212. The van der Waals surface area contributed by atoms with Crippen molar-refractivity contribution < 1.29 is 19.4 Å². The molecule has 5 rings (SSSR count). The van der Waals surface area contributed by atoms with E-state index in [1.165, 1.54) is 34.0 Å². The van der Waals surface area contributed by atoms with E-state index in [4.69, 9.17) is 26.2 Å². The molecule has 0 fully saturated rings. The Morgan fingerprint density at radius 3 is 2.31 bits per heavy atom. The minimum atomic E-state index is -0.829. The van der Waals surface area contributed by atoms with E-state index in [1.54, 1.807) is 18.3 Å². The normalized spacial score (nSPS) is 11.7. The van der Waals surface area contributed by atoms with E-state index >= 15 is 0 Å². The van der Waals surface area contributed by atoms with Crippen LogP contribution in [0.5, 0.6) is 11.5 Å². The molecule has 9 heteroatoms. The van der Waals surface area contributed by atoms with Crippen LogP contribution in [0.2, 0.25) is 5.02 Å². The molecule has 0 aliphatic rings. The van der Waals surface area contributed by atoms with Gasteiger partial charge in [-0.05, 0) is 104 Å². The average molecular weight is 717 g/mol. The number of carbonyl (C=O) groups is 1. The molecule has 0 saturated carbocycles. The van der Waals surface area contributed by atoms with Crippen molar-refractivity contribution in [1.29, 1.82) is 5.26 Å². The number of hydrogen-bond donors (Lipinski definition) is 2. The summed E-state index contributed by atoms with van der Waals surface area (Å²) in [6.07, 6.45) is 3.75. The quantitative estimate of drug-likeness (QED) is 0.0974. The van der Waals surface area contributed by atoms with Crippen LogP contribution in [0.25, 0.3) is 22.3 Å². The zero-order chi connectivity index (χ0) is 37.2. The topological polar surface area (TPSA) is 108 Å². The van der Waals surface area contributed by atoms with Crippen molar-refractivity contribution in [3.63, 3.8) is 0 Å². The predicted molar refractivity (Wildman–Crippen MR) is 207 cm³/mol. The Labute approximate surface area is 311 Å². The molecule has 1 aromatic heterocycles. The molecule has 2 N–H and O–H groups in total. The number of aromatic nitrogens is 1. The summed E-state index contributed by atoms with van der Waals surface area (Å²) in [5.41, 5.74) is 11.4. The summed E-state index contributed by atoms with van der Waals surface area (Å²) in [4.78, 5) is 17.3. The Kier molecular flexibility index (Phi) is 13.0. The number of nitrogens with one attached hydrogen (secondary N) is 1. The standard InChI is InChI=1S/C43H45ClN4O4/c1-28-35(9-6-11-38(28)39-12-7-10-37(29(39)2)34-16-14-33(15-17-34)30(3)48(4)5)27-52-42-21-41(51-26-32-19-31(22-45)23-47-24-32)36(20-40(42)44)25-46-18-8-13-43(49)50/h6-7,9-12,14-17,19-21,23-24,30,46H,8,13,18,25-27H2,1-5H3,(H,49,50). The molecule has 5 aromatic rings. The molecule has 4 aromatic carbocycles. The van der Waals surface area contributed by atoms with Gasteiger partial charge in [0, 0.05) is 48.6 Å². The fourth-order valence-corrected chi connectivity index (χ4v) is 6.34. The number of carboxylic acid groups (broad SMARTS) is 1. The van der Waals surface area contributed by atoms with Gasteiger partial charge in [0.15, 0.2) is 0 Å². The Morgan fingerprint density at radius 1 is 0.904 bits per heavy atom. The van der Waals surface area contributed by atoms with Crippen molar-refractivity contribution in [3.05, 3.63) is 135 Å². The molecular formula is C43H45ClN4O4. The minimum Gasteiger partial charge on any atom is -0.488 e. The lowest BCUT2D eigenvalue weighted by atomic mass is 9.89. The first-order valence-electron chi connectivity index (χ1n) is 17.4. The SMILES string of the molecule is Cc1c(COc2cc(OCc3cncc(C#N)c3)c(CNCCCC(=O)O)cc2Cl)cccc1-c1cccc(-c2ccc(C(C)N(C)C)cc2)c1C. The van der Waals surface area contributed by atoms with Crippen LogP contribution >= 0.6 is 11.6 Å². The van der Waals surface area contributed by atoms with Gasteiger partial charge in [0.1, 0.15) is 30.8 Å². The van der Waals surface area contributed by atoms with Gasteiger partial charge in [0.2, 0.25) is 0 Å². The first-order chi connectivity index (χ1) is 25.0. The van der Waals surface area contributed by atoms with E-state index in [1.807, 2.05) is 6.07 Å². The van der Waals surface area contributed by atoms with Gasteiger partial charge in [0.05, 0.1) is 10.6 Å². The first kappa shape index (κ1) is 38.0. The van der Waals surface area contributed by atoms with Gasteiger partial charge in [-0.25, -0.2) is 0 Å². The third-order valence-electron chi connectivity index (χ3n) is 9.42. The molecule has 0 radical (unpaired) electrons. The van der Waals surface area contributed by atoms with Crippen LogP contribution in [0, 0.1) is 25.2 Å². The molecule has 0 spiro atoms. The minimum absolute atomic E-state index is 0.0855. The Balaban J connectivity index is 1.36. The Bertz CT molecular complexity index is 2060. The summed E-state index contributed by atoms with van der Waals surface area (Å²) < 4.78 is 12.6. The number of pyridine rings is 1. The summed E-state index contributed by atoms with van der Waals surface area (Å²) >= 11 is 6.78. The monoisotopic (exact) mass is 716 g/mol. The number of nitrogens with zero attached hydrogens (tertiary/aromatic N) is 3. The molecule has 268 valence electrons. The van der Waals surface area contributed by atoms with Gasteiger partial charge in [-0.3, -0.25) is 9.78 Å². The van der Waals surface area contributed by atoms with Crippen molar-refractivity contribution >= 4 is 17.6 Å².